The fraction of sp³-hybridized carbons (Fsp3) is 0.214. The van der Waals surface area contributed by atoms with Crippen molar-refractivity contribution in [2.75, 3.05) is 13.9 Å². The molecule has 1 aliphatic rings. The Bertz CT molecular complexity index is 492. The molecule has 94 valence electrons. The van der Waals surface area contributed by atoms with Crippen molar-refractivity contribution in [1.82, 2.24) is 0 Å². The second kappa shape index (κ2) is 5.91. The van der Waals surface area contributed by atoms with E-state index in [0.717, 1.165) is 22.8 Å². The smallest absolute Gasteiger partial charge is 0.231 e. The Kier molecular flexibility index (Phi) is 4.02. The summed E-state index contributed by atoms with van der Waals surface area (Å²) in [4.78, 5) is 4.76. The van der Waals surface area contributed by atoms with Crippen LogP contribution in [0.4, 0.5) is 0 Å². The van der Waals surface area contributed by atoms with Crippen molar-refractivity contribution in [3.63, 3.8) is 0 Å². The molecule has 1 aliphatic heterocycles. The zero-order valence-electron chi connectivity index (χ0n) is 10.3. The first-order valence-electron chi connectivity index (χ1n) is 5.62. The number of fused-ring (bicyclic) bond motifs is 1. The summed E-state index contributed by atoms with van der Waals surface area (Å²) < 4.78 is 10.6. The normalized spacial score (nSPS) is 13.9. The average molecular weight is 245 g/mol. The molecule has 2 rings (SSSR count). The predicted molar refractivity (Wildman–Crippen MR) is 70.9 cm³/mol. The van der Waals surface area contributed by atoms with Crippen LogP contribution in [0.5, 0.6) is 11.5 Å². The summed E-state index contributed by atoms with van der Waals surface area (Å²) in [6.07, 6.45) is 6.28. The van der Waals surface area contributed by atoms with Crippen molar-refractivity contribution in [2.24, 2.45) is 5.16 Å². The van der Waals surface area contributed by atoms with E-state index in [1.807, 2.05) is 30.4 Å². The minimum Gasteiger partial charge on any atom is -0.454 e. The number of ether oxygens (including phenoxy) is 2. The van der Waals surface area contributed by atoms with E-state index in [-0.39, 0.29) is 6.79 Å². The van der Waals surface area contributed by atoms with Gasteiger partial charge >= 0.3 is 0 Å². The molecule has 0 aliphatic carbocycles. The molecule has 1 heterocycles. The van der Waals surface area contributed by atoms with Gasteiger partial charge in [-0.15, -0.1) is 6.58 Å². The molecule has 1 aromatic rings. The number of hydrogen-bond acceptors (Lipinski definition) is 4. The number of allylic oxidation sites excluding steroid dienone is 2. The van der Waals surface area contributed by atoms with Gasteiger partial charge < -0.3 is 14.3 Å². The van der Waals surface area contributed by atoms with Gasteiger partial charge in [0.05, 0.1) is 5.71 Å². The van der Waals surface area contributed by atoms with Crippen LogP contribution in [0.2, 0.25) is 0 Å². The summed E-state index contributed by atoms with van der Waals surface area (Å²) in [6, 6.07) is 5.78. The summed E-state index contributed by atoms with van der Waals surface area (Å²) in [5.41, 5.74) is 1.83. The van der Waals surface area contributed by atoms with Crippen LogP contribution >= 0.6 is 0 Å². The zero-order chi connectivity index (χ0) is 12.8. The molecule has 0 spiro atoms. The van der Waals surface area contributed by atoms with Crippen molar-refractivity contribution in [3.8, 4) is 11.5 Å². The lowest BCUT2D eigenvalue weighted by Gasteiger charge is -1.98. The Morgan fingerprint density at radius 1 is 1.44 bits per heavy atom. The van der Waals surface area contributed by atoms with Gasteiger partial charge in [-0.1, -0.05) is 23.4 Å². The summed E-state index contributed by atoms with van der Waals surface area (Å²) in [5.74, 6) is 1.55. The average Bonchev–Trinajstić information content (AvgIpc) is 2.84. The fourth-order valence-corrected chi connectivity index (χ4v) is 1.61. The largest absolute Gasteiger partial charge is 0.454 e. The lowest BCUT2D eigenvalue weighted by atomic mass is 10.1. The fourth-order valence-electron chi connectivity index (χ4n) is 1.61. The third-order valence-corrected chi connectivity index (χ3v) is 2.43. The maximum absolute atomic E-state index is 5.31. The predicted octanol–water partition coefficient (Wildman–Crippen LogP) is 3.01. The highest BCUT2D eigenvalue weighted by atomic mass is 16.7. The van der Waals surface area contributed by atoms with Gasteiger partial charge in [0.1, 0.15) is 7.11 Å². The molecule has 0 saturated heterocycles. The molecule has 4 heteroatoms. The molecule has 0 aromatic heterocycles. The van der Waals surface area contributed by atoms with Crippen LogP contribution in [-0.2, 0) is 4.84 Å². The Labute approximate surface area is 106 Å². The maximum atomic E-state index is 5.31. The molecule has 0 amide bonds. The summed E-state index contributed by atoms with van der Waals surface area (Å²) in [5, 5.41) is 3.90. The molecule has 0 atom stereocenters. The first-order chi connectivity index (χ1) is 8.83. The van der Waals surface area contributed by atoms with Crippen LogP contribution < -0.4 is 9.47 Å². The molecular formula is C14H15NO3. The van der Waals surface area contributed by atoms with E-state index in [4.69, 9.17) is 14.3 Å². The lowest BCUT2D eigenvalue weighted by molar-refractivity contribution is 0.174. The maximum Gasteiger partial charge on any atom is 0.231 e. The van der Waals surface area contributed by atoms with Gasteiger partial charge in [0, 0.05) is 6.42 Å². The van der Waals surface area contributed by atoms with Gasteiger partial charge in [-0.3, -0.25) is 0 Å². The molecule has 0 radical (unpaired) electrons. The van der Waals surface area contributed by atoms with E-state index in [0.29, 0.717) is 6.42 Å². The van der Waals surface area contributed by atoms with Crippen LogP contribution in [0, 0.1) is 0 Å². The summed E-state index contributed by atoms with van der Waals surface area (Å²) >= 11 is 0. The van der Waals surface area contributed by atoms with Gasteiger partial charge in [-0.2, -0.15) is 0 Å². The number of oxime groups is 1. The van der Waals surface area contributed by atoms with Gasteiger partial charge in [-0.05, 0) is 23.8 Å². The van der Waals surface area contributed by atoms with Crippen molar-refractivity contribution in [2.45, 2.75) is 6.42 Å². The highest BCUT2D eigenvalue weighted by Gasteiger charge is 2.12. The number of hydrogen-bond donors (Lipinski definition) is 0. The Morgan fingerprint density at radius 2 is 2.28 bits per heavy atom. The van der Waals surface area contributed by atoms with Crippen molar-refractivity contribution >= 4 is 11.8 Å². The van der Waals surface area contributed by atoms with Crippen LogP contribution in [0.1, 0.15) is 12.0 Å². The van der Waals surface area contributed by atoms with Crippen LogP contribution in [0.25, 0.3) is 6.08 Å². The summed E-state index contributed by atoms with van der Waals surface area (Å²) in [6.45, 7) is 3.97. The highest BCUT2D eigenvalue weighted by molar-refractivity contribution is 5.98. The summed E-state index contributed by atoms with van der Waals surface area (Å²) in [7, 11) is 1.53. The number of nitrogens with zero attached hydrogens (tertiary/aromatic N) is 1. The van der Waals surface area contributed by atoms with E-state index in [1.54, 1.807) is 6.08 Å². The van der Waals surface area contributed by atoms with Crippen LogP contribution in [0.3, 0.4) is 0 Å². The van der Waals surface area contributed by atoms with Crippen molar-refractivity contribution in [3.05, 3.63) is 42.5 Å². The standard InChI is InChI=1S/C14H15NO3/c1-3-4-12(15-16-2)7-5-11-6-8-13-14(9-11)18-10-17-13/h3,5-9H,1,4,10H2,2H3/b7-5+,15-12+. The molecular weight excluding hydrogens is 230 g/mol. The van der Waals surface area contributed by atoms with Gasteiger partial charge in [-0.25, -0.2) is 0 Å². The molecule has 4 nitrogen and oxygen atoms in total. The molecule has 0 saturated carbocycles. The van der Waals surface area contributed by atoms with Gasteiger partial charge in [0.15, 0.2) is 11.5 Å². The second-order valence-electron chi connectivity index (χ2n) is 3.70. The van der Waals surface area contributed by atoms with Crippen LogP contribution in [0.15, 0.2) is 42.1 Å². The molecule has 1 aromatic carbocycles. The van der Waals surface area contributed by atoms with E-state index < -0.39 is 0 Å². The first kappa shape index (κ1) is 12.2. The number of benzene rings is 1. The minimum absolute atomic E-state index is 0.287. The molecule has 0 bridgehead atoms. The molecule has 0 unspecified atom stereocenters. The topological polar surface area (TPSA) is 40.0 Å². The van der Waals surface area contributed by atoms with Crippen molar-refractivity contribution < 1.29 is 14.3 Å². The Morgan fingerprint density at radius 3 is 3.06 bits per heavy atom. The van der Waals surface area contributed by atoms with Crippen LogP contribution in [-0.4, -0.2) is 19.6 Å². The SMILES string of the molecule is C=CCC(/C=C/c1ccc2c(c1)OCO2)=N\OC. The first-order valence-corrected chi connectivity index (χ1v) is 5.62. The zero-order valence-corrected chi connectivity index (χ0v) is 10.3. The lowest BCUT2D eigenvalue weighted by Crippen LogP contribution is -1.93. The van der Waals surface area contributed by atoms with Crippen molar-refractivity contribution in [1.29, 1.82) is 0 Å². The molecule has 0 fully saturated rings. The van der Waals surface area contributed by atoms with Gasteiger partial charge in [0.2, 0.25) is 6.79 Å². The van der Waals surface area contributed by atoms with E-state index >= 15 is 0 Å². The van der Waals surface area contributed by atoms with Gasteiger partial charge in [0.25, 0.3) is 0 Å². The molecule has 0 N–H and O–H groups in total. The monoisotopic (exact) mass is 245 g/mol. The molecule has 18 heavy (non-hydrogen) atoms. The highest BCUT2D eigenvalue weighted by Crippen LogP contribution is 2.32. The Balaban J connectivity index is 2.12. The minimum atomic E-state index is 0.287. The van der Waals surface area contributed by atoms with E-state index in [9.17, 15) is 0 Å². The second-order valence-corrected chi connectivity index (χ2v) is 3.70. The Hall–Kier alpha value is -2.23. The quantitative estimate of drug-likeness (QED) is 0.455. The number of rotatable bonds is 5. The third kappa shape index (κ3) is 2.91. The third-order valence-electron chi connectivity index (χ3n) is 2.43. The van der Waals surface area contributed by atoms with E-state index in [1.165, 1.54) is 7.11 Å². The van der Waals surface area contributed by atoms with E-state index in [2.05, 4.69) is 11.7 Å².